The molecule has 1 radical (unpaired) electrons. The minimum atomic E-state index is 0. The third kappa shape index (κ3) is 2.95. The van der Waals surface area contributed by atoms with Crippen molar-refractivity contribution in [1.82, 2.24) is 19.1 Å². The molecule has 0 amide bonds. The van der Waals surface area contributed by atoms with Crippen LogP contribution >= 0.6 is 15.9 Å². The van der Waals surface area contributed by atoms with Gasteiger partial charge in [-0.25, -0.2) is 4.98 Å². The molecule has 3 rings (SSSR count). The molecule has 0 aliphatic carbocycles. The maximum atomic E-state index is 5.22. The predicted octanol–water partition coefficient (Wildman–Crippen LogP) is 2.84. The molecule has 3 aromatic rings. The van der Waals surface area contributed by atoms with Crippen molar-refractivity contribution >= 4 is 15.9 Å². The van der Waals surface area contributed by atoms with Crippen LogP contribution < -0.4 is 4.74 Å². The Bertz CT molecular complexity index is 753. The minimum absolute atomic E-state index is 0. The smallest absolute Gasteiger partial charge is 0.206 e. The maximum absolute atomic E-state index is 5.22. The van der Waals surface area contributed by atoms with E-state index in [2.05, 4.69) is 32.0 Å². The number of nitrogens with zero attached hydrogens (tertiary/aromatic N) is 4. The largest absolute Gasteiger partial charge is 0.539 e. The van der Waals surface area contributed by atoms with E-state index in [9.17, 15) is 0 Å². The van der Waals surface area contributed by atoms with Crippen LogP contribution in [0.25, 0.3) is 17.3 Å². The number of imidazole rings is 2. The van der Waals surface area contributed by atoms with Crippen LogP contribution in [0.3, 0.4) is 0 Å². The zero-order valence-electron chi connectivity index (χ0n) is 11.4. The minimum Gasteiger partial charge on any atom is -0.539 e. The summed E-state index contributed by atoms with van der Waals surface area (Å²) in [7, 11) is 3.57. The van der Waals surface area contributed by atoms with Crippen LogP contribution in [0.15, 0.2) is 41.4 Å². The van der Waals surface area contributed by atoms with Gasteiger partial charge in [0, 0.05) is 57.7 Å². The van der Waals surface area contributed by atoms with Gasteiger partial charge in [0.15, 0.2) is 0 Å². The summed E-state index contributed by atoms with van der Waals surface area (Å²) < 4.78 is 9.94. The van der Waals surface area contributed by atoms with Gasteiger partial charge in [0.2, 0.25) is 5.95 Å². The van der Waals surface area contributed by atoms with Gasteiger partial charge in [-0.3, -0.25) is 4.98 Å². The van der Waals surface area contributed by atoms with Crippen molar-refractivity contribution in [2.75, 3.05) is 7.11 Å². The van der Waals surface area contributed by atoms with Gasteiger partial charge < -0.3 is 13.9 Å². The summed E-state index contributed by atoms with van der Waals surface area (Å²) in [6.07, 6.45) is 7.28. The van der Waals surface area contributed by atoms with Gasteiger partial charge >= 0.3 is 0 Å². The van der Waals surface area contributed by atoms with E-state index in [0.29, 0.717) is 0 Å². The normalized spacial score (nSPS) is 10.2. The molecule has 1 aromatic carbocycles. The SMILES string of the molecule is COc1c[c-]c(-c2nccn2-c2nccn2C)cc1Br.[Ir]. The number of aryl methyl sites for hydroxylation is 1. The fraction of sp³-hybridized carbons (Fsp3) is 0.143. The van der Waals surface area contributed by atoms with E-state index in [1.54, 1.807) is 25.6 Å². The van der Waals surface area contributed by atoms with Crippen molar-refractivity contribution in [3.63, 3.8) is 0 Å². The number of halogens is 1. The molecule has 0 atom stereocenters. The summed E-state index contributed by atoms with van der Waals surface area (Å²) >= 11 is 3.48. The van der Waals surface area contributed by atoms with E-state index >= 15 is 0 Å². The van der Waals surface area contributed by atoms with Crippen LogP contribution in [-0.4, -0.2) is 26.2 Å². The van der Waals surface area contributed by atoms with Crippen LogP contribution in [0.4, 0.5) is 0 Å². The molecule has 2 heterocycles. The quantitative estimate of drug-likeness (QED) is 0.496. The fourth-order valence-corrected chi connectivity index (χ4v) is 2.50. The van der Waals surface area contributed by atoms with Gasteiger partial charge in [-0.2, -0.15) is 0 Å². The molecule has 21 heavy (non-hydrogen) atoms. The Hall–Kier alpha value is -1.43. The Morgan fingerprint density at radius 1 is 1.24 bits per heavy atom. The van der Waals surface area contributed by atoms with Crippen molar-refractivity contribution in [3.05, 3.63) is 47.5 Å². The summed E-state index contributed by atoms with van der Waals surface area (Å²) in [5, 5.41) is 0. The Morgan fingerprint density at radius 2 is 2.00 bits per heavy atom. The molecule has 0 spiro atoms. The number of hydrogen-bond acceptors (Lipinski definition) is 3. The predicted molar refractivity (Wildman–Crippen MR) is 78.9 cm³/mol. The summed E-state index contributed by atoms with van der Waals surface area (Å²) in [4.78, 5) is 8.73. The molecular formula is C14H12BrIrN4O-. The summed E-state index contributed by atoms with van der Waals surface area (Å²) in [6, 6.07) is 6.90. The molecule has 0 saturated heterocycles. The molecule has 0 saturated carbocycles. The molecule has 111 valence electrons. The Kier molecular flexibility index (Phi) is 4.98. The first-order chi connectivity index (χ1) is 9.70. The van der Waals surface area contributed by atoms with Gasteiger partial charge in [0.25, 0.3) is 0 Å². The number of hydrogen-bond donors (Lipinski definition) is 0. The fourth-order valence-electron chi connectivity index (χ4n) is 1.99. The Morgan fingerprint density at radius 3 is 2.62 bits per heavy atom. The van der Waals surface area contributed by atoms with Crippen LogP contribution in [0.5, 0.6) is 5.75 Å². The number of methoxy groups -OCH3 is 1. The average molecular weight is 524 g/mol. The van der Waals surface area contributed by atoms with Gasteiger partial charge in [-0.1, -0.05) is 15.9 Å². The van der Waals surface area contributed by atoms with Gasteiger partial charge in [0.05, 0.1) is 12.9 Å². The molecule has 2 aromatic heterocycles. The monoisotopic (exact) mass is 524 g/mol. The summed E-state index contributed by atoms with van der Waals surface area (Å²) in [5.41, 5.74) is 0.866. The van der Waals surface area contributed by atoms with Crippen LogP contribution in [0.1, 0.15) is 0 Å². The van der Waals surface area contributed by atoms with Crippen molar-refractivity contribution in [3.8, 4) is 23.1 Å². The summed E-state index contributed by atoms with van der Waals surface area (Å²) in [5.74, 6) is 2.32. The Labute approximate surface area is 144 Å². The molecule has 7 heteroatoms. The van der Waals surface area contributed by atoms with Crippen molar-refractivity contribution in [2.24, 2.45) is 7.05 Å². The number of ether oxygens (including phenoxy) is 1. The molecule has 5 nitrogen and oxygen atoms in total. The molecule has 0 aliphatic rings. The topological polar surface area (TPSA) is 44.9 Å². The first-order valence-corrected chi connectivity index (χ1v) is 6.76. The third-order valence-electron chi connectivity index (χ3n) is 2.98. The van der Waals surface area contributed by atoms with E-state index in [1.807, 2.05) is 34.6 Å². The third-order valence-corrected chi connectivity index (χ3v) is 3.60. The van der Waals surface area contributed by atoms with Gasteiger partial charge in [-0.05, 0) is 4.47 Å². The van der Waals surface area contributed by atoms with Gasteiger partial charge in [0.1, 0.15) is 0 Å². The first-order valence-electron chi connectivity index (χ1n) is 5.97. The maximum Gasteiger partial charge on any atom is 0.206 e. The molecule has 0 aliphatic heterocycles. The van der Waals surface area contributed by atoms with Crippen LogP contribution in [0.2, 0.25) is 0 Å². The zero-order chi connectivity index (χ0) is 14.1. The van der Waals surface area contributed by atoms with Crippen molar-refractivity contribution in [1.29, 1.82) is 0 Å². The average Bonchev–Trinajstić information content (AvgIpc) is 3.06. The van der Waals surface area contributed by atoms with Crippen LogP contribution in [0, 0.1) is 6.07 Å². The molecule has 0 fully saturated rings. The second-order valence-electron chi connectivity index (χ2n) is 4.22. The van der Waals surface area contributed by atoms with Crippen molar-refractivity contribution in [2.45, 2.75) is 0 Å². The van der Waals surface area contributed by atoms with Crippen LogP contribution in [-0.2, 0) is 27.2 Å². The number of benzene rings is 1. The zero-order valence-corrected chi connectivity index (χ0v) is 15.4. The summed E-state index contributed by atoms with van der Waals surface area (Å²) in [6.45, 7) is 0. The van der Waals surface area contributed by atoms with E-state index in [4.69, 9.17) is 4.74 Å². The van der Waals surface area contributed by atoms with E-state index in [-0.39, 0.29) is 20.1 Å². The van der Waals surface area contributed by atoms with E-state index in [0.717, 1.165) is 27.6 Å². The second kappa shape index (κ2) is 6.56. The number of aromatic nitrogens is 4. The standard InChI is InChI=1S/C14H12BrN4O.Ir/c1-18-7-5-17-14(18)19-8-6-16-13(19)10-3-4-12(20-2)11(15)9-10;/h4-9H,1-2H3;/q-1;. The molecule has 0 N–H and O–H groups in total. The number of rotatable bonds is 3. The van der Waals surface area contributed by atoms with Gasteiger partial charge in [-0.15, -0.1) is 23.8 Å². The molecule has 0 unspecified atom stereocenters. The first kappa shape index (κ1) is 15.9. The van der Waals surface area contributed by atoms with E-state index < -0.39 is 0 Å². The van der Waals surface area contributed by atoms with E-state index in [1.165, 1.54) is 0 Å². The van der Waals surface area contributed by atoms with Crippen molar-refractivity contribution < 1.29 is 24.8 Å². The molecular weight excluding hydrogens is 512 g/mol. The molecule has 0 bridgehead atoms. The second-order valence-corrected chi connectivity index (χ2v) is 5.08. The Balaban J connectivity index is 0.00000161.